The molecule has 2 amide bonds. The number of rotatable bonds is 8. The van der Waals surface area contributed by atoms with Gasteiger partial charge >= 0.3 is 6.03 Å². The molecule has 0 spiro atoms. The number of benzene rings is 1. The van der Waals surface area contributed by atoms with Crippen molar-refractivity contribution in [1.29, 1.82) is 0 Å². The number of ether oxygens (including phenoxy) is 1. The van der Waals surface area contributed by atoms with Crippen molar-refractivity contribution >= 4 is 11.7 Å². The van der Waals surface area contributed by atoms with Crippen molar-refractivity contribution < 1.29 is 14.6 Å². The summed E-state index contributed by atoms with van der Waals surface area (Å²) in [5.41, 5.74) is 0.736. The Morgan fingerprint density at radius 2 is 2.00 bits per heavy atom. The molecule has 2 rings (SSSR count). The first kappa shape index (κ1) is 16.6. The lowest BCUT2D eigenvalue weighted by molar-refractivity contribution is 0.163. The summed E-state index contributed by atoms with van der Waals surface area (Å²) in [4.78, 5) is 11.8. The van der Waals surface area contributed by atoms with E-state index in [1.807, 2.05) is 31.2 Å². The van der Waals surface area contributed by atoms with Crippen LogP contribution in [0.4, 0.5) is 10.5 Å². The molecule has 0 bridgehead atoms. The molecular weight excluding hydrogens is 280 g/mol. The molecule has 3 N–H and O–H groups in total. The summed E-state index contributed by atoms with van der Waals surface area (Å²) < 4.78 is 5.65. The Balaban J connectivity index is 1.69. The van der Waals surface area contributed by atoms with Gasteiger partial charge in [0.15, 0.2) is 0 Å². The van der Waals surface area contributed by atoms with Gasteiger partial charge in [0.05, 0.1) is 12.7 Å². The lowest BCUT2D eigenvalue weighted by Crippen LogP contribution is -2.33. The summed E-state index contributed by atoms with van der Waals surface area (Å²) in [6, 6.07) is 7.17. The third kappa shape index (κ3) is 6.35. The second-order valence-corrected chi connectivity index (χ2v) is 6.30. The van der Waals surface area contributed by atoms with E-state index in [-0.39, 0.29) is 18.1 Å². The van der Waals surface area contributed by atoms with Crippen LogP contribution >= 0.6 is 0 Å². The average Bonchev–Trinajstić information content (AvgIpc) is 3.28. The first-order valence-electron chi connectivity index (χ1n) is 7.98. The molecule has 0 aromatic heterocycles. The Labute approximate surface area is 132 Å². The van der Waals surface area contributed by atoms with Crippen LogP contribution in [0.15, 0.2) is 24.3 Å². The molecule has 0 aliphatic heterocycles. The van der Waals surface area contributed by atoms with Crippen molar-refractivity contribution in [2.45, 2.75) is 39.2 Å². The summed E-state index contributed by atoms with van der Waals surface area (Å²) in [5.74, 6) is 1.81. The number of carbonyl (C=O) groups is 1. The van der Waals surface area contributed by atoms with Crippen molar-refractivity contribution in [2.24, 2.45) is 11.8 Å². The lowest BCUT2D eigenvalue weighted by Gasteiger charge is -2.14. The highest BCUT2D eigenvalue weighted by molar-refractivity contribution is 5.89. The summed E-state index contributed by atoms with van der Waals surface area (Å²) in [6.07, 6.45) is 2.87. The number of urea groups is 1. The molecule has 1 aliphatic carbocycles. The third-order valence-corrected chi connectivity index (χ3v) is 3.65. The first-order chi connectivity index (χ1) is 10.5. The molecule has 1 aliphatic rings. The van der Waals surface area contributed by atoms with Gasteiger partial charge in [0, 0.05) is 12.2 Å². The molecule has 5 nitrogen and oxygen atoms in total. The smallest absolute Gasteiger partial charge is 0.319 e. The van der Waals surface area contributed by atoms with E-state index in [0.717, 1.165) is 24.0 Å². The SMILES string of the molecule is CC(O)CC(C)CNC(=O)Nc1ccc(OCC2CC2)cc1. The van der Waals surface area contributed by atoms with Crippen LogP contribution in [0.2, 0.25) is 0 Å². The maximum atomic E-state index is 11.8. The van der Waals surface area contributed by atoms with Crippen LogP contribution in [0.5, 0.6) is 5.75 Å². The van der Waals surface area contributed by atoms with Crippen molar-refractivity contribution in [3.05, 3.63) is 24.3 Å². The summed E-state index contributed by atoms with van der Waals surface area (Å²) >= 11 is 0. The van der Waals surface area contributed by atoms with Crippen LogP contribution in [0, 0.1) is 11.8 Å². The van der Waals surface area contributed by atoms with Crippen LogP contribution in [-0.2, 0) is 0 Å². The number of aliphatic hydroxyl groups excluding tert-OH is 1. The number of carbonyl (C=O) groups excluding carboxylic acids is 1. The maximum absolute atomic E-state index is 11.8. The normalized spacial score (nSPS) is 16.7. The molecule has 2 atom stereocenters. The molecule has 2 unspecified atom stereocenters. The van der Waals surface area contributed by atoms with Gasteiger partial charge in [-0.05, 0) is 62.3 Å². The minimum absolute atomic E-state index is 0.232. The summed E-state index contributed by atoms with van der Waals surface area (Å²) in [5, 5.41) is 14.9. The van der Waals surface area contributed by atoms with Gasteiger partial charge in [0.1, 0.15) is 5.75 Å². The standard InChI is InChI=1S/C17H26N2O3/c1-12(9-13(2)20)10-18-17(21)19-15-5-7-16(8-6-15)22-11-14-3-4-14/h5-8,12-14,20H,3-4,9-11H2,1-2H3,(H2,18,19,21). The van der Waals surface area contributed by atoms with E-state index in [2.05, 4.69) is 10.6 Å². The van der Waals surface area contributed by atoms with Gasteiger partial charge in [-0.15, -0.1) is 0 Å². The Bertz CT molecular complexity index is 469. The van der Waals surface area contributed by atoms with Crippen LogP contribution in [-0.4, -0.2) is 30.4 Å². The predicted octanol–water partition coefficient (Wildman–Crippen LogP) is 3.00. The van der Waals surface area contributed by atoms with Gasteiger partial charge in [-0.1, -0.05) is 6.92 Å². The van der Waals surface area contributed by atoms with Crippen molar-refractivity contribution in [3.8, 4) is 5.75 Å². The lowest BCUT2D eigenvalue weighted by atomic mass is 10.1. The number of anilines is 1. The Hall–Kier alpha value is -1.75. The number of nitrogens with one attached hydrogen (secondary N) is 2. The molecule has 122 valence electrons. The zero-order valence-electron chi connectivity index (χ0n) is 13.3. The van der Waals surface area contributed by atoms with Gasteiger partial charge in [0.25, 0.3) is 0 Å². The van der Waals surface area contributed by atoms with Crippen LogP contribution in [0.3, 0.4) is 0 Å². The number of amides is 2. The molecule has 22 heavy (non-hydrogen) atoms. The van der Waals surface area contributed by atoms with Crippen molar-refractivity contribution in [2.75, 3.05) is 18.5 Å². The fourth-order valence-corrected chi connectivity index (χ4v) is 2.24. The Morgan fingerprint density at radius 3 is 2.59 bits per heavy atom. The van der Waals surface area contributed by atoms with Gasteiger partial charge in [-0.2, -0.15) is 0 Å². The molecule has 1 aromatic rings. The zero-order valence-corrected chi connectivity index (χ0v) is 13.3. The topological polar surface area (TPSA) is 70.6 Å². The third-order valence-electron chi connectivity index (χ3n) is 3.65. The molecule has 1 aromatic carbocycles. The molecule has 0 saturated heterocycles. The first-order valence-corrected chi connectivity index (χ1v) is 7.98. The number of hydrogen-bond acceptors (Lipinski definition) is 3. The maximum Gasteiger partial charge on any atom is 0.319 e. The van der Waals surface area contributed by atoms with E-state index in [1.54, 1.807) is 6.92 Å². The van der Waals surface area contributed by atoms with Gasteiger partial charge in [0.2, 0.25) is 0 Å². The average molecular weight is 306 g/mol. The number of hydrogen-bond donors (Lipinski definition) is 3. The van der Waals surface area contributed by atoms with Crippen LogP contribution in [0.1, 0.15) is 33.1 Å². The Kier molecular flexibility index (Phi) is 6.07. The van der Waals surface area contributed by atoms with E-state index in [9.17, 15) is 9.90 Å². The molecule has 5 heteroatoms. The fourth-order valence-electron chi connectivity index (χ4n) is 2.24. The van der Waals surface area contributed by atoms with E-state index in [1.165, 1.54) is 12.8 Å². The second kappa shape index (κ2) is 8.03. The minimum Gasteiger partial charge on any atom is -0.493 e. The summed E-state index contributed by atoms with van der Waals surface area (Å²) in [7, 11) is 0. The van der Waals surface area contributed by atoms with E-state index < -0.39 is 0 Å². The fraction of sp³-hybridized carbons (Fsp3) is 0.588. The highest BCUT2D eigenvalue weighted by Crippen LogP contribution is 2.29. The number of aliphatic hydroxyl groups is 1. The van der Waals surface area contributed by atoms with Gasteiger partial charge < -0.3 is 20.5 Å². The summed E-state index contributed by atoms with van der Waals surface area (Å²) in [6.45, 7) is 5.08. The van der Waals surface area contributed by atoms with Crippen LogP contribution < -0.4 is 15.4 Å². The molecule has 0 heterocycles. The molecule has 1 fully saturated rings. The van der Waals surface area contributed by atoms with Crippen molar-refractivity contribution in [1.82, 2.24) is 5.32 Å². The molecule has 1 saturated carbocycles. The van der Waals surface area contributed by atoms with E-state index >= 15 is 0 Å². The van der Waals surface area contributed by atoms with Crippen molar-refractivity contribution in [3.63, 3.8) is 0 Å². The largest absolute Gasteiger partial charge is 0.493 e. The zero-order chi connectivity index (χ0) is 15.9. The second-order valence-electron chi connectivity index (χ2n) is 6.30. The van der Waals surface area contributed by atoms with Gasteiger partial charge in [-0.3, -0.25) is 0 Å². The quantitative estimate of drug-likeness (QED) is 0.691. The van der Waals surface area contributed by atoms with Gasteiger partial charge in [-0.25, -0.2) is 4.79 Å². The monoisotopic (exact) mass is 306 g/mol. The van der Waals surface area contributed by atoms with E-state index in [0.29, 0.717) is 13.0 Å². The van der Waals surface area contributed by atoms with Crippen LogP contribution in [0.25, 0.3) is 0 Å². The Morgan fingerprint density at radius 1 is 1.32 bits per heavy atom. The molecule has 0 radical (unpaired) electrons. The highest BCUT2D eigenvalue weighted by Gasteiger charge is 2.21. The molecular formula is C17H26N2O3. The highest BCUT2D eigenvalue weighted by atomic mass is 16.5. The van der Waals surface area contributed by atoms with E-state index in [4.69, 9.17) is 4.74 Å². The predicted molar refractivity (Wildman–Crippen MR) is 87.1 cm³/mol. The minimum atomic E-state index is -0.344.